The van der Waals surface area contributed by atoms with E-state index in [2.05, 4.69) is 27.4 Å². The molecule has 0 fully saturated rings. The summed E-state index contributed by atoms with van der Waals surface area (Å²) in [6.45, 7) is 0.466. The lowest BCUT2D eigenvalue weighted by atomic mass is 9.94. The summed E-state index contributed by atoms with van der Waals surface area (Å²) in [5, 5.41) is 2.96. The number of rotatable bonds is 3. The number of carbonyl (C=O) groups excluding carboxylic acids is 1. The number of fused-ring (bicyclic) bond motifs is 1. The van der Waals surface area contributed by atoms with E-state index in [1.807, 2.05) is 24.3 Å². The second-order valence-electron chi connectivity index (χ2n) is 4.90. The van der Waals surface area contributed by atoms with Gasteiger partial charge < -0.3 is 10.3 Å². The number of nitrogens with one attached hydrogen (secondary N) is 2. The van der Waals surface area contributed by atoms with Crippen LogP contribution in [0.2, 0.25) is 0 Å². The van der Waals surface area contributed by atoms with E-state index in [-0.39, 0.29) is 11.8 Å². The van der Waals surface area contributed by atoms with Crippen molar-refractivity contribution in [2.75, 3.05) is 0 Å². The molecule has 1 unspecified atom stereocenters. The van der Waals surface area contributed by atoms with Gasteiger partial charge in [0.05, 0.1) is 17.6 Å². The predicted molar refractivity (Wildman–Crippen MR) is 74.4 cm³/mol. The molecule has 1 aromatic heterocycles. The van der Waals surface area contributed by atoms with Crippen molar-refractivity contribution in [3.63, 3.8) is 0 Å². The molecule has 1 aliphatic carbocycles. The fourth-order valence-corrected chi connectivity index (χ4v) is 2.44. The second kappa shape index (κ2) is 5.26. The minimum atomic E-state index is 0.120. The maximum atomic E-state index is 12.0. The van der Waals surface area contributed by atoms with Crippen molar-refractivity contribution in [3.05, 3.63) is 42.2 Å². The zero-order chi connectivity index (χ0) is 13.1. The van der Waals surface area contributed by atoms with Crippen LogP contribution < -0.4 is 5.32 Å². The predicted octanol–water partition coefficient (Wildman–Crippen LogP) is 2.54. The van der Waals surface area contributed by atoms with Crippen LogP contribution in [0.5, 0.6) is 0 Å². The molecule has 19 heavy (non-hydrogen) atoms. The van der Waals surface area contributed by atoms with Crippen LogP contribution in [0, 0.1) is 5.92 Å². The molecule has 0 spiro atoms. The number of amides is 1. The summed E-state index contributed by atoms with van der Waals surface area (Å²) in [6, 6.07) is 7.87. The lowest BCUT2D eigenvalue weighted by Gasteiger charge is -2.16. The highest BCUT2D eigenvalue weighted by Gasteiger charge is 2.18. The largest absolute Gasteiger partial charge is 0.349 e. The summed E-state index contributed by atoms with van der Waals surface area (Å²) in [6.07, 6.45) is 7.04. The Bertz CT molecular complexity index is 582. The highest BCUT2D eigenvalue weighted by atomic mass is 16.1. The van der Waals surface area contributed by atoms with E-state index in [1.165, 1.54) is 0 Å². The van der Waals surface area contributed by atoms with Crippen molar-refractivity contribution >= 4 is 16.9 Å². The maximum Gasteiger partial charge on any atom is 0.223 e. The first-order valence-electron chi connectivity index (χ1n) is 6.69. The van der Waals surface area contributed by atoms with E-state index in [1.54, 1.807) is 0 Å². The molecule has 2 N–H and O–H groups in total. The van der Waals surface area contributed by atoms with Gasteiger partial charge in [0.1, 0.15) is 5.82 Å². The van der Waals surface area contributed by atoms with Crippen LogP contribution in [0.25, 0.3) is 11.0 Å². The molecule has 0 aliphatic heterocycles. The van der Waals surface area contributed by atoms with Gasteiger partial charge in [-0.05, 0) is 31.4 Å². The van der Waals surface area contributed by atoms with Crippen molar-refractivity contribution in [1.29, 1.82) is 0 Å². The van der Waals surface area contributed by atoms with Crippen LogP contribution >= 0.6 is 0 Å². The minimum Gasteiger partial charge on any atom is -0.349 e. The number of hydrogen-bond donors (Lipinski definition) is 2. The van der Waals surface area contributed by atoms with E-state index in [0.29, 0.717) is 6.54 Å². The Kier molecular flexibility index (Phi) is 3.31. The molecule has 3 rings (SSSR count). The van der Waals surface area contributed by atoms with Gasteiger partial charge in [-0.1, -0.05) is 24.3 Å². The molecule has 0 saturated heterocycles. The molecular weight excluding hydrogens is 238 g/mol. The quantitative estimate of drug-likeness (QED) is 0.828. The molecule has 1 aromatic carbocycles. The molecule has 4 heteroatoms. The average molecular weight is 255 g/mol. The maximum absolute atomic E-state index is 12.0. The van der Waals surface area contributed by atoms with Gasteiger partial charge in [0, 0.05) is 5.92 Å². The highest BCUT2D eigenvalue weighted by molar-refractivity contribution is 5.79. The third-order valence-electron chi connectivity index (χ3n) is 3.51. The number of imidazole rings is 1. The monoisotopic (exact) mass is 255 g/mol. The van der Waals surface area contributed by atoms with E-state index in [0.717, 1.165) is 36.1 Å². The molecule has 0 saturated carbocycles. The van der Waals surface area contributed by atoms with Gasteiger partial charge in [0.2, 0.25) is 5.91 Å². The van der Waals surface area contributed by atoms with E-state index in [9.17, 15) is 4.79 Å². The zero-order valence-electron chi connectivity index (χ0n) is 10.7. The molecular formula is C15H17N3O. The van der Waals surface area contributed by atoms with E-state index >= 15 is 0 Å². The van der Waals surface area contributed by atoms with Crippen molar-refractivity contribution in [2.45, 2.75) is 25.8 Å². The average Bonchev–Trinajstić information content (AvgIpc) is 2.88. The lowest BCUT2D eigenvalue weighted by Crippen LogP contribution is -2.31. The summed E-state index contributed by atoms with van der Waals surface area (Å²) >= 11 is 0. The first-order valence-corrected chi connectivity index (χ1v) is 6.69. The second-order valence-corrected chi connectivity index (χ2v) is 4.90. The fraction of sp³-hybridized carbons (Fsp3) is 0.333. The molecule has 1 aliphatic rings. The summed E-state index contributed by atoms with van der Waals surface area (Å²) in [4.78, 5) is 19.7. The van der Waals surface area contributed by atoms with Gasteiger partial charge in [-0.25, -0.2) is 4.98 Å². The number of para-hydroxylation sites is 2. The zero-order valence-corrected chi connectivity index (χ0v) is 10.7. The normalized spacial score (nSPS) is 18.6. The molecule has 0 radical (unpaired) electrons. The Morgan fingerprint density at radius 2 is 2.26 bits per heavy atom. The first kappa shape index (κ1) is 12.0. The third-order valence-corrected chi connectivity index (χ3v) is 3.51. The van der Waals surface area contributed by atoms with Gasteiger partial charge in [-0.2, -0.15) is 0 Å². The van der Waals surface area contributed by atoms with Crippen LogP contribution in [-0.2, 0) is 11.3 Å². The Morgan fingerprint density at radius 1 is 1.37 bits per heavy atom. The van der Waals surface area contributed by atoms with Gasteiger partial charge in [0.15, 0.2) is 0 Å². The Morgan fingerprint density at radius 3 is 3.05 bits per heavy atom. The molecule has 1 amide bonds. The Labute approximate surface area is 111 Å². The molecule has 1 heterocycles. The topological polar surface area (TPSA) is 57.8 Å². The lowest BCUT2D eigenvalue weighted by molar-refractivity contribution is -0.125. The summed E-state index contributed by atoms with van der Waals surface area (Å²) in [7, 11) is 0. The number of carbonyl (C=O) groups is 1. The minimum absolute atomic E-state index is 0.120. The van der Waals surface area contributed by atoms with Crippen molar-refractivity contribution in [2.24, 2.45) is 5.92 Å². The van der Waals surface area contributed by atoms with Crippen LogP contribution in [0.3, 0.4) is 0 Å². The van der Waals surface area contributed by atoms with E-state index < -0.39 is 0 Å². The number of aromatic amines is 1. The highest BCUT2D eigenvalue weighted by Crippen LogP contribution is 2.18. The molecule has 98 valence electrons. The van der Waals surface area contributed by atoms with Crippen molar-refractivity contribution in [1.82, 2.24) is 15.3 Å². The molecule has 2 aromatic rings. The van der Waals surface area contributed by atoms with Crippen LogP contribution in [-0.4, -0.2) is 15.9 Å². The van der Waals surface area contributed by atoms with Gasteiger partial charge in [-0.3, -0.25) is 4.79 Å². The fourth-order valence-electron chi connectivity index (χ4n) is 2.44. The van der Waals surface area contributed by atoms with Gasteiger partial charge >= 0.3 is 0 Å². The van der Waals surface area contributed by atoms with Crippen LogP contribution in [0.15, 0.2) is 36.4 Å². The first-order chi connectivity index (χ1) is 9.33. The summed E-state index contributed by atoms with van der Waals surface area (Å²) in [5.41, 5.74) is 1.94. The summed E-state index contributed by atoms with van der Waals surface area (Å²) in [5.74, 6) is 1.06. The number of allylic oxidation sites excluding steroid dienone is 2. The van der Waals surface area contributed by atoms with Crippen molar-refractivity contribution in [3.8, 4) is 0 Å². The Balaban J connectivity index is 1.62. The Hall–Kier alpha value is -2.10. The summed E-state index contributed by atoms with van der Waals surface area (Å²) < 4.78 is 0. The number of nitrogens with zero attached hydrogens (tertiary/aromatic N) is 1. The molecule has 0 bridgehead atoms. The smallest absolute Gasteiger partial charge is 0.223 e. The SMILES string of the molecule is O=C(NCc1nc2ccccc2[nH]1)C1CC=CCC1. The van der Waals surface area contributed by atoms with Gasteiger partial charge in [0.25, 0.3) is 0 Å². The third kappa shape index (κ3) is 2.67. The van der Waals surface area contributed by atoms with Crippen LogP contribution in [0.1, 0.15) is 25.1 Å². The standard InChI is InChI=1S/C15H17N3O/c19-15(11-6-2-1-3-7-11)16-10-14-17-12-8-4-5-9-13(12)18-14/h1-2,4-5,8-9,11H,3,6-7,10H2,(H,16,19)(H,17,18). The number of aromatic nitrogens is 2. The molecule has 4 nitrogen and oxygen atoms in total. The van der Waals surface area contributed by atoms with Gasteiger partial charge in [-0.15, -0.1) is 0 Å². The van der Waals surface area contributed by atoms with Crippen LogP contribution in [0.4, 0.5) is 0 Å². The molecule has 1 atom stereocenters. The number of benzene rings is 1. The number of hydrogen-bond acceptors (Lipinski definition) is 2. The van der Waals surface area contributed by atoms with E-state index in [4.69, 9.17) is 0 Å². The number of H-pyrrole nitrogens is 1. The van der Waals surface area contributed by atoms with Crippen molar-refractivity contribution < 1.29 is 4.79 Å².